The molecule has 0 aliphatic carbocycles. The fraction of sp³-hybridized carbons (Fsp3) is 0.190. The highest BCUT2D eigenvalue weighted by atomic mass is 35.5. The Morgan fingerprint density at radius 3 is 2.31 bits per heavy atom. The average molecular weight is 408 g/mol. The number of hydrogen-bond donors (Lipinski definition) is 0. The Morgan fingerprint density at radius 2 is 1.73 bits per heavy atom. The highest BCUT2D eigenvalue weighted by Crippen LogP contribution is 2.41. The lowest BCUT2D eigenvalue weighted by atomic mass is 9.97. The molecular formula is C21H21Cl3N2. The normalized spacial score (nSPS) is 14.0. The first-order valence-electron chi connectivity index (χ1n) is 8.48. The van der Waals surface area contributed by atoms with Crippen LogP contribution in [0.15, 0.2) is 66.0 Å². The monoisotopic (exact) mass is 406 g/mol. The van der Waals surface area contributed by atoms with Crippen LogP contribution in [0.2, 0.25) is 10.0 Å². The molecule has 5 heteroatoms. The first-order valence-corrected chi connectivity index (χ1v) is 9.61. The van der Waals surface area contributed by atoms with Gasteiger partial charge >= 0.3 is 0 Å². The maximum absolute atomic E-state index is 6.43. The van der Waals surface area contributed by atoms with Crippen LogP contribution in [-0.2, 0) is 0 Å². The van der Waals surface area contributed by atoms with Crippen LogP contribution in [0.4, 0.5) is 0 Å². The molecule has 2 aromatic rings. The lowest BCUT2D eigenvalue weighted by Crippen LogP contribution is -2.25. The maximum atomic E-state index is 6.43. The van der Waals surface area contributed by atoms with Crippen LogP contribution in [-0.4, -0.2) is 16.4 Å². The summed E-state index contributed by atoms with van der Waals surface area (Å²) < 4.78 is 0. The second-order valence-electron chi connectivity index (χ2n) is 5.30. The van der Waals surface area contributed by atoms with E-state index in [1.807, 2.05) is 62.1 Å². The summed E-state index contributed by atoms with van der Waals surface area (Å²) in [6.45, 7) is 10.8. The Kier molecular flexibility index (Phi) is 7.33. The molecule has 0 saturated carbocycles. The molecule has 0 N–H and O–H groups in total. The van der Waals surface area contributed by atoms with Gasteiger partial charge in [-0.1, -0.05) is 85.6 Å². The van der Waals surface area contributed by atoms with E-state index < -0.39 is 0 Å². The molecule has 0 amide bonds. The van der Waals surface area contributed by atoms with Crippen molar-refractivity contribution in [2.75, 3.05) is 6.54 Å². The van der Waals surface area contributed by atoms with Gasteiger partial charge in [-0.2, -0.15) is 0 Å². The van der Waals surface area contributed by atoms with Crippen molar-refractivity contribution in [1.82, 2.24) is 9.88 Å². The number of likely N-dealkylation sites (N-methyl/N-ethyl adjacent to an activating group) is 1. The lowest BCUT2D eigenvalue weighted by Gasteiger charge is -2.33. The molecule has 0 fully saturated rings. The van der Waals surface area contributed by atoms with E-state index in [0.717, 1.165) is 22.5 Å². The Morgan fingerprint density at radius 1 is 1.08 bits per heavy atom. The molecule has 1 aliphatic heterocycles. The van der Waals surface area contributed by atoms with E-state index in [2.05, 4.69) is 11.6 Å². The van der Waals surface area contributed by atoms with E-state index in [1.165, 1.54) is 0 Å². The molecule has 1 aromatic heterocycles. The molecule has 0 radical (unpaired) electrons. The summed E-state index contributed by atoms with van der Waals surface area (Å²) in [6, 6.07) is 11.7. The maximum Gasteiger partial charge on any atom is 0.106 e. The molecule has 3 rings (SSSR count). The second kappa shape index (κ2) is 9.27. The predicted octanol–water partition coefficient (Wildman–Crippen LogP) is 7.25. The summed E-state index contributed by atoms with van der Waals surface area (Å²) in [5, 5.41) is 1.59. The Balaban J connectivity index is 0.00000117. The van der Waals surface area contributed by atoms with Crippen LogP contribution < -0.4 is 0 Å². The van der Waals surface area contributed by atoms with E-state index in [-0.39, 0.29) is 0 Å². The molecule has 26 heavy (non-hydrogen) atoms. The SMILES string of the molecule is C=C1C(Cl)=CC(c2ccccc2)=C(c2ncc(Cl)cc2Cl)N1CC.CC. The third kappa shape index (κ3) is 4.15. The van der Waals surface area contributed by atoms with E-state index in [1.54, 1.807) is 12.3 Å². The van der Waals surface area contributed by atoms with Gasteiger partial charge in [0.2, 0.25) is 0 Å². The highest BCUT2D eigenvalue weighted by Gasteiger charge is 2.27. The predicted molar refractivity (Wildman–Crippen MR) is 114 cm³/mol. The first kappa shape index (κ1) is 20.6. The quantitative estimate of drug-likeness (QED) is 0.532. The van der Waals surface area contributed by atoms with Gasteiger partial charge in [-0.15, -0.1) is 0 Å². The summed E-state index contributed by atoms with van der Waals surface area (Å²) in [4.78, 5) is 6.48. The van der Waals surface area contributed by atoms with Crippen LogP contribution >= 0.6 is 34.8 Å². The molecule has 0 spiro atoms. The minimum Gasteiger partial charge on any atom is -0.339 e. The molecular weight excluding hydrogens is 387 g/mol. The van der Waals surface area contributed by atoms with Gasteiger partial charge < -0.3 is 4.90 Å². The van der Waals surface area contributed by atoms with Gasteiger partial charge in [-0.25, -0.2) is 0 Å². The van der Waals surface area contributed by atoms with Gasteiger partial charge in [0, 0.05) is 18.3 Å². The van der Waals surface area contributed by atoms with Crippen LogP contribution in [0.1, 0.15) is 32.0 Å². The molecule has 0 atom stereocenters. The number of allylic oxidation sites excluding steroid dienone is 3. The van der Waals surface area contributed by atoms with Gasteiger partial charge in [-0.05, 0) is 24.6 Å². The highest BCUT2D eigenvalue weighted by molar-refractivity contribution is 6.36. The zero-order valence-electron chi connectivity index (χ0n) is 15.1. The lowest BCUT2D eigenvalue weighted by molar-refractivity contribution is 0.527. The molecule has 1 aromatic carbocycles. The van der Waals surface area contributed by atoms with Gasteiger partial charge in [0.05, 0.1) is 26.5 Å². The molecule has 2 nitrogen and oxygen atoms in total. The van der Waals surface area contributed by atoms with E-state index in [9.17, 15) is 0 Å². The van der Waals surface area contributed by atoms with Crippen LogP contribution in [0.5, 0.6) is 0 Å². The number of hydrogen-bond acceptors (Lipinski definition) is 2. The van der Waals surface area contributed by atoms with Crippen molar-refractivity contribution < 1.29 is 0 Å². The topological polar surface area (TPSA) is 16.1 Å². The first-order chi connectivity index (χ1) is 12.5. The number of pyridine rings is 1. The summed E-state index contributed by atoms with van der Waals surface area (Å²) in [5.41, 5.74) is 4.24. The van der Waals surface area contributed by atoms with Gasteiger partial charge in [0.15, 0.2) is 0 Å². The number of halogens is 3. The second-order valence-corrected chi connectivity index (χ2v) is 6.55. The third-order valence-corrected chi connectivity index (χ3v) is 4.65. The van der Waals surface area contributed by atoms with Gasteiger partial charge in [0.25, 0.3) is 0 Å². The summed E-state index contributed by atoms with van der Waals surface area (Å²) in [5.74, 6) is 0. The molecule has 2 heterocycles. The minimum atomic E-state index is 0.489. The smallest absolute Gasteiger partial charge is 0.106 e. The fourth-order valence-electron chi connectivity index (χ4n) is 2.72. The van der Waals surface area contributed by atoms with Crippen molar-refractivity contribution in [2.45, 2.75) is 20.8 Å². The Bertz CT molecular complexity index is 855. The van der Waals surface area contributed by atoms with E-state index in [0.29, 0.717) is 27.3 Å². The largest absolute Gasteiger partial charge is 0.339 e. The number of rotatable bonds is 3. The van der Waals surface area contributed by atoms with Crippen LogP contribution in [0.3, 0.4) is 0 Å². The Hall–Kier alpha value is -1.74. The average Bonchev–Trinajstić information content (AvgIpc) is 2.66. The van der Waals surface area contributed by atoms with Crippen molar-refractivity contribution in [3.63, 3.8) is 0 Å². The zero-order chi connectivity index (χ0) is 19.3. The number of nitrogens with zero attached hydrogens (tertiary/aromatic N) is 2. The molecule has 0 saturated heterocycles. The summed E-state index contributed by atoms with van der Waals surface area (Å²) >= 11 is 18.8. The number of aromatic nitrogens is 1. The summed E-state index contributed by atoms with van der Waals surface area (Å²) in [6.07, 6.45) is 3.50. The zero-order valence-corrected chi connectivity index (χ0v) is 17.3. The summed E-state index contributed by atoms with van der Waals surface area (Å²) in [7, 11) is 0. The standard InChI is InChI=1S/C19H15Cl3N2.C2H6/c1-3-24-12(2)16(21)10-15(13-7-5-4-6-8-13)19(24)18-17(22)9-14(20)11-23-18;1-2/h4-11H,2-3H2,1H3;1-2H3. The van der Waals surface area contributed by atoms with Crippen molar-refractivity contribution in [3.8, 4) is 0 Å². The van der Waals surface area contributed by atoms with Crippen LogP contribution in [0.25, 0.3) is 11.3 Å². The van der Waals surface area contributed by atoms with Gasteiger partial charge in [0.1, 0.15) is 5.69 Å². The van der Waals surface area contributed by atoms with Gasteiger partial charge in [-0.3, -0.25) is 4.98 Å². The molecule has 0 unspecified atom stereocenters. The van der Waals surface area contributed by atoms with Crippen molar-refractivity contribution in [3.05, 3.63) is 87.3 Å². The molecule has 136 valence electrons. The van der Waals surface area contributed by atoms with E-state index in [4.69, 9.17) is 34.8 Å². The molecule has 0 bridgehead atoms. The van der Waals surface area contributed by atoms with Crippen molar-refractivity contribution in [2.24, 2.45) is 0 Å². The van der Waals surface area contributed by atoms with Crippen LogP contribution in [0, 0.1) is 0 Å². The van der Waals surface area contributed by atoms with Crippen molar-refractivity contribution in [1.29, 1.82) is 0 Å². The number of benzene rings is 1. The molecule has 1 aliphatic rings. The Labute approximate surface area is 170 Å². The third-order valence-electron chi connectivity index (χ3n) is 3.83. The van der Waals surface area contributed by atoms with E-state index >= 15 is 0 Å². The minimum absolute atomic E-state index is 0.489. The fourth-order valence-corrected chi connectivity index (χ4v) is 3.40. The van der Waals surface area contributed by atoms with Crippen molar-refractivity contribution >= 4 is 46.1 Å².